The van der Waals surface area contributed by atoms with Crippen molar-refractivity contribution in [2.45, 2.75) is 30.6 Å². The third-order valence-electron chi connectivity index (χ3n) is 6.22. The first kappa shape index (κ1) is 27.2. The van der Waals surface area contributed by atoms with Crippen LogP contribution in [0.1, 0.15) is 15.9 Å². The number of rotatable bonds is 8. The summed E-state index contributed by atoms with van der Waals surface area (Å²) >= 11 is 0. The number of likely N-dealkylation sites (N-methyl/N-ethyl adjacent to an activating group) is 1. The van der Waals surface area contributed by atoms with Crippen LogP contribution < -0.4 is 10.5 Å². The number of amides is 1. The molecule has 2 aromatic carbocycles. The number of nitrogens with two attached hydrogens (primary N) is 1. The van der Waals surface area contributed by atoms with Gasteiger partial charge in [0.1, 0.15) is 41.8 Å². The largest absolute Gasteiger partial charge is 0.484 e. The van der Waals surface area contributed by atoms with Crippen LogP contribution in [0.5, 0.6) is 5.75 Å². The molecule has 1 fully saturated rings. The molecule has 2 heterocycles. The Morgan fingerprint density at radius 2 is 1.84 bits per heavy atom. The molecule has 12 nitrogen and oxygen atoms in total. The van der Waals surface area contributed by atoms with Crippen molar-refractivity contribution in [3.63, 3.8) is 0 Å². The number of carbonyl (C=O) groups is 2. The van der Waals surface area contributed by atoms with E-state index >= 15 is 0 Å². The van der Waals surface area contributed by atoms with Crippen LogP contribution in [0, 0.1) is 5.82 Å². The summed E-state index contributed by atoms with van der Waals surface area (Å²) < 4.78 is 25.4. The van der Waals surface area contributed by atoms with E-state index < -0.39 is 61.4 Å². The Morgan fingerprint density at radius 3 is 2.53 bits per heavy atom. The first-order valence-electron chi connectivity index (χ1n) is 11.6. The fourth-order valence-corrected chi connectivity index (χ4v) is 3.99. The van der Waals surface area contributed by atoms with Crippen LogP contribution in [0.4, 0.5) is 10.2 Å². The minimum Gasteiger partial charge on any atom is -0.484 e. The summed E-state index contributed by atoms with van der Waals surface area (Å²) in [5.41, 5.74) is 6.93. The second-order valence-corrected chi connectivity index (χ2v) is 8.70. The molecule has 0 bridgehead atoms. The van der Waals surface area contributed by atoms with E-state index in [2.05, 4.69) is 5.10 Å². The van der Waals surface area contributed by atoms with Crippen LogP contribution in [0.25, 0.3) is 5.69 Å². The van der Waals surface area contributed by atoms with Crippen molar-refractivity contribution in [3.8, 4) is 11.4 Å². The number of aliphatic hydroxyl groups is 4. The fourth-order valence-electron chi connectivity index (χ4n) is 3.99. The van der Waals surface area contributed by atoms with E-state index in [0.717, 1.165) is 4.90 Å². The van der Waals surface area contributed by atoms with Crippen LogP contribution in [0.2, 0.25) is 0 Å². The van der Waals surface area contributed by atoms with Crippen LogP contribution in [0.15, 0.2) is 54.7 Å². The maximum atomic E-state index is 13.2. The molecule has 0 unspecified atom stereocenters. The maximum Gasteiger partial charge on any atom is 0.262 e. The SMILES string of the molecule is CN(C(=O)COc1cccc(C(=O)c2cnn(-c3ccc(F)cc3)c2N)c1)[C@H]1O[C@H](CO)[C@@H](O)[C@H](O)[C@@H]1O. The van der Waals surface area contributed by atoms with E-state index in [1.165, 1.54) is 60.4 Å². The Labute approximate surface area is 216 Å². The summed E-state index contributed by atoms with van der Waals surface area (Å²) in [4.78, 5) is 26.8. The summed E-state index contributed by atoms with van der Waals surface area (Å²) in [5, 5.41) is 43.5. The Kier molecular flexibility index (Phi) is 8.04. The number of nitrogen functional groups attached to an aromatic ring is 1. The highest BCUT2D eigenvalue weighted by Gasteiger charge is 2.46. The molecular formula is C25H27FN4O8. The lowest BCUT2D eigenvalue weighted by atomic mass is 9.98. The molecule has 6 N–H and O–H groups in total. The lowest BCUT2D eigenvalue weighted by Gasteiger charge is -2.43. The number of benzene rings is 2. The number of aromatic nitrogens is 2. The molecule has 3 aromatic rings. The average Bonchev–Trinajstić information content (AvgIpc) is 3.31. The van der Waals surface area contributed by atoms with Gasteiger partial charge >= 0.3 is 0 Å². The lowest BCUT2D eigenvalue weighted by molar-refractivity contribution is -0.259. The number of nitrogens with zero attached hydrogens (tertiary/aromatic N) is 3. The van der Waals surface area contributed by atoms with E-state index in [1.807, 2.05) is 0 Å². The molecule has 0 aliphatic carbocycles. The first-order chi connectivity index (χ1) is 18.1. The lowest BCUT2D eigenvalue weighted by Crippen LogP contribution is -2.63. The summed E-state index contributed by atoms with van der Waals surface area (Å²) in [6.07, 6.45) is -6.02. The third-order valence-corrected chi connectivity index (χ3v) is 6.22. The molecular weight excluding hydrogens is 503 g/mol. The predicted molar refractivity (Wildman–Crippen MR) is 130 cm³/mol. The van der Waals surface area contributed by atoms with Crippen LogP contribution >= 0.6 is 0 Å². The minimum absolute atomic E-state index is 0.0595. The van der Waals surface area contributed by atoms with Crippen molar-refractivity contribution in [1.82, 2.24) is 14.7 Å². The minimum atomic E-state index is -1.63. The molecule has 1 amide bonds. The molecule has 1 aliphatic rings. The van der Waals surface area contributed by atoms with Gasteiger partial charge in [0, 0.05) is 12.6 Å². The zero-order chi connectivity index (χ0) is 27.6. The average molecular weight is 531 g/mol. The maximum absolute atomic E-state index is 13.2. The van der Waals surface area contributed by atoms with E-state index in [9.17, 15) is 34.4 Å². The first-order valence-corrected chi connectivity index (χ1v) is 11.6. The van der Waals surface area contributed by atoms with Gasteiger partial charge in [0.15, 0.2) is 18.6 Å². The molecule has 4 rings (SSSR count). The van der Waals surface area contributed by atoms with Gasteiger partial charge in [0.05, 0.1) is 24.1 Å². The van der Waals surface area contributed by atoms with E-state index in [4.69, 9.17) is 15.2 Å². The Bertz CT molecular complexity index is 1300. The van der Waals surface area contributed by atoms with Gasteiger partial charge in [0.25, 0.3) is 5.91 Å². The van der Waals surface area contributed by atoms with Gasteiger partial charge in [-0.1, -0.05) is 12.1 Å². The van der Waals surface area contributed by atoms with Crippen LogP contribution in [-0.4, -0.2) is 97.7 Å². The number of hydrogen-bond acceptors (Lipinski definition) is 10. The van der Waals surface area contributed by atoms with Crippen molar-refractivity contribution in [2.75, 3.05) is 26.0 Å². The number of anilines is 1. The van der Waals surface area contributed by atoms with Gasteiger partial charge < -0.3 is 40.5 Å². The smallest absolute Gasteiger partial charge is 0.262 e. The molecule has 5 atom stereocenters. The zero-order valence-corrected chi connectivity index (χ0v) is 20.2. The summed E-state index contributed by atoms with van der Waals surface area (Å²) in [5.74, 6) is -1.27. The Hall–Kier alpha value is -3.88. The normalized spacial score (nSPS) is 23.2. The highest BCUT2D eigenvalue weighted by Crippen LogP contribution is 2.25. The van der Waals surface area contributed by atoms with Crippen molar-refractivity contribution in [2.24, 2.45) is 0 Å². The van der Waals surface area contributed by atoms with Gasteiger partial charge in [-0.05, 0) is 36.4 Å². The fraction of sp³-hybridized carbons (Fsp3) is 0.320. The standard InChI is InChI=1S/C25H27FN4O8/c1-29(25-23(36)22(35)21(34)18(11-31)38-25)19(32)12-37-16-4-2-3-13(9-16)20(33)17-10-28-30(24(17)27)15-7-5-14(26)6-8-15/h2-10,18,21-23,25,31,34-36H,11-12,27H2,1H3/t18-,21-,22+,23+,25+/m1/s1. The van der Waals surface area contributed by atoms with Gasteiger partial charge in [0.2, 0.25) is 0 Å². The Morgan fingerprint density at radius 1 is 1.13 bits per heavy atom. The van der Waals surface area contributed by atoms with Crippen molar-refractivity contribution >= 4 is 17.5 Å². The molecule has 1 aromatic heterocycles. The molecule has 38 heavy (non-hydrogen) atoms. The van der Waals surface area contributed by atoms with Crippen LogP contribution in [0.3, 0.4) is 0 Å². The van der Waals surface area contributed by atoms with E-state index in [1.54, 1.807) is 6.07 Å². The topological polar surface area (TPSA) is 181 Å². The van der Waals surface area contributed by atoms with Gasteiger partial charge in [-0.25, -0.2) is 9.07 Å². The number of hydrogen-bond donors (Lipinski definition) is 5. The van der Waals surface area contributed by atoms with Gasteiger partial charge in [-0.2, -0.15) is 5.10 Å². The Balaban J connectivity index is 1.43. The highest BCUT2D eigenvalue weighted by molar-refractivity contribution is 6.11. The third kappa shape index (κ3) is 5.37. The molecule has 1 saturated heterocycles. The summed E-state index contributed by atoms with van der Waals surface area (Å²) in [6, 6.07) is 11.5. The van der Waals surface area contributed by atoms with Gasteiger partial charge in [-0.3, -0.25) is 9.59 Å². The number of ketones is 1. The number of aliphatic hydroxyl groups excluding tert-OH is 4. The van der Waals surface area contributed by atoms with Crippen LogP contribution in [-0.2, 0) is 9.53 Å². The van der Waals surface area contributed by atoms with E-state index in [0.29, 0.717) is 5.69 Å². The number of carbonyl (C=O) groups excluding carboxylic acids is 2. The highest BCUT2D eigenvalue weighted by atomic mass is 19.1. The second kappa shape index (κ2) is 11.2. The number of halogens is 1. The van der Waals surface area contributed by atoms with Crippen molar-refractivity contribution < 1.29 is 43.9 Å². The molecule has 13 heteroatoms. The molecule has 0 radical (unpaired) electrons. The molecule has 202 valence electrons. The number of ether oxygens (including phenoxy) is 2. The summed E-state index contributed by atoms with van der Waals surface area (Å²) in [7, 11) is 1.31. The molecule has 1 aliphatic heterocycles. The monoisotopic (exact) mass is 530 g/mol. The van der Waals surface area contributed by atoms with Gasteiger partial charge in [-0.15, -0.1) is 0 Å². The second-order valence-electron chi connectivity index (χ2n) is 8.70. The van der Waals surface area contributed by atoms with Crippen molar-refractivity contribution in [3.05, 3.63) is 71.7 Å². The quantitative estimate of drug-likeness (QED) is 0.237. The van der Waals surface area contributed by atoms with E-state index in [-0.39, 0.29) is 22.7 Å². The predicted octanol–water partition coefficient (Wildman–Crippen LogP) is -0.538. The summed E-state index contributed by atoms with van der Waals surface area (Å²) in [6.45, 7) is -1.14. The zero-order valence-electron chi connectivity index (χ0n) is 20.2. The van der Waals surface area contributed by atoms with Crippen molar-refractivity contribution in [1.29, 1.82) is 0 Å². The molecule has 0 spiro atoms. The molecule has 0 saturated carbocycles.